The Hall–Kier alpha value is -2.47. The quantitative estimate of drug-likeness (QED) is 0.366. The van der Waals surface area contributed by atoms with Crippen LogP contribution in [0.1, 0.15) is 37.5 Å². The number of carbonyl (C=O) groups is 1. The fourth-order valence-electron chi connectivity index (χ4n) is 2.66. The Morgan fingerprint density at radius 3 is 2.35 bits per heavy atom. The summed E-state index contributed by atoms with van der Waals surface area (Å²) in [5, 5.41) is 2.59. The number of quaternary nitrogens is 1. The lowest BCUT2D eigenvalue weighted by molar-refractivity contribution is -0.862. The van der Waals surface area contributed by atoms with Gasteiger partial charge in [-0.1, -0.05) is 37.6 Å². The molecule has 0 aliphatic carbocycles. The summed E-state index contributed by atoms with van der Waals surface area (Å²) in [6, 6.07) is 6.31. The monoisotopic (exact) mass is 360 g/mol. The van der Waals surface area contributed by atoms with E-state index in [0.717, 1.165) is 0 Å². The number of guanidine groups is 1. The maximum atomic E-state index is 12.7. The molecule has 0 saturated carbocycles. The van der Waals surface area contributed by atoms with Crippen molar-refractivity contribution < 1.29 is 9.28 Å². The average Bonchev–Trinajstić information content (AvgIpc) is 2.59. The minimum Gasteiger partial charge on any atom is -0.370 e. The van der Waals surface area contributed by atoms with E-state index in [0.29, 0.717) is 22.4 Å². The molecule has 1 aromatic carbocycles. The van der Waals surface area contributed by atoms with Crippen molar-refractivity contribution >= 4 is 18.6 Å². The van der Waals surface area contributed by atoms with Gasteiger partial charge in [-0.15, -0.1) is 0 Å². The fourth-order valence-corrected chi connectivity index (χ4v) is 2.66. The second-order valence-electron chi connectivity index (χ2n) is 6.43. The SMILES string of the molecule is C=N/C(C)=C(/C(=O)NC(N)=NC)[N+](C)(C)Cc1cc(C)ccc1C.CC. The molecule has 6 nitrogen and oxygen atoms in total. The second-order valence-corrected chi connectivity index (χ2v) is 6.43. The highest BCUT2D eigenvalue weighted by molar-refractivity contribution is 6.03. The van der Waals surface area contributed by atoms with Crippen molar-refractivity contribution in [1.82, 2.24) is 5.32 Å². The van der Waals surface area contributed by atoms with Crippen LogP contribution in [-0.4, -0.2) is 44.2 Å². The lowest BCUT2D eigenvalue weighted by atomic mass is 10.0. The summed E-state index contributed by atoms with van der Waals surface area (Å²) in [5.74, 6) is -0.251. The first kappa shape index (κ1) is 23.5. The third-order valence-corrected chi connectivity index (χ3v) is 3.95. The molecule has 0 aliphatic rings. The van der Waals surface area contributed by atoms with Gasteiger partial charge in [-0.2, -0.15) is 0 Å². The number of nitrogens with zero attached hydrogens (tertiary/aromatic N) is 3. The number of nitrogens with one attached hydrogen (secondary N) is 1. The van der Waals surface area contributed by atoms with Crippen molar-refractivity contribution in [3.8, 4) is 0 Å². The van der Waals surface area contributed by atoms with Crippen LogP contribution in [0.4, 0.5) is 0 Å². The third-order valence-electron chi connectivity index (χ3n) is 3.95. The summed E-state index contributed by atoms with van der Waals surface area (Å²) in [6.07, 6.45) is 0. The number of nitrogens with two attached hydrogens (primary N) is 1. The molecule has 1 aromatic rings. The Labute approximate surface area is 158 Å². The molecule has 0 heterocycles. The Kier molecular flexibility index (Phi) is 9.51. The van der Waals surface area contributed by atoms with Crippen LogP contribution in [-0.2, 0) is 11.3 Å². The van der Waals surface area contributed by atoms with Crippen molar-refractivity contribution in [2.45, 2.75) is 41.2 Å². The van der Waals surface area contributed by atoms with E-state index in [-0.39, 0.29) is 11.9 Å². The predicted octanol–water partition coefficient (Wildman–Crippen LogP) is 2.90. The highest BCUT2D eigenvalue weighted by Gasteiger charge is 2.32. The maximum absolute atomic E-state index is 12.7. The molecular weight excluding hydrogens is 326 g/mol. The smallest absolute Gasteiger partial charge is 0.313 e. The van der Waals surface area contributed by atoms with E-state index in [1.165, 1.54) is 23.7 Å². The van der Waals surface area contributed by atoms with Crippen LogP contribution in [0.15, 0.2) is 39.6 Å². The Bertz CT molecular complexity index is 702. The van der Waals surface area contributed by atoms with Crippen LogP contribution in [0.2, 0.25) is 0 Å². The summed E-state index contributed by atoms with van der Waals surface area (Å²) >= 11 is 0. The molecule has 0 bridgehead atoms. The van der Waals surface area contributed by atoms with E-state index in [1.807, 2.05) is 27.9 Å². The van der Waals surface area contributed by atoms with Crippen LogP contribution in [0.5, 0.6) is 0 Å². The van der Waals surface area contributed by atoms with E-state index >= 15 is 0 Å². The minimum atomic E-state index is -0.321. The maximum Gasteiger partial charge on any atom is 0.313 e. The van der Waals surface area contributed by atoms with Crippen LogP contribution in [0, 0.1) is 13.8 Å². The van der Waals surface area contributed by atoms with E-state index in [9.17, 15) is 4.79 Å². The molecule has 144 valence electrons. The van der Waals surface area contributed by atoms with Gasteiger partial charge in [-0.25, -0.2) is 0 Å². The summed E-state index contributed by atoms with van der Waals surface area (Å²) in [5.41, 5.74) is 10.2. The number of allylic oxidation sites excluding steroid dienone is 1. The number of benzene rings is 1. The van der Waals surface area contributed by atoms with Gasteiger partial charge >= 0.3 is 5.91 Å². The highest BCUT2D eigenvalue weighted by atomic mass is 16.2. The molecule has 1 amide bonds. The number of hydrogen-bond acceptors (Lipinski definition) is 3. The van der Waals surface area contributed by atoms with Gasteiger partial charge in [-0.3, -0.25) is 24.6 Å². The van der Waals surface area contributed by atoms with E-state index in [4.69, 9.17) is 5.73 Å². The largest absolute Gasteiger partial charge is 0.370 e. The molecule has 1 rings (SSSR count). The number of likely N-dealkylation sites (N-methyl/N-ethyl adjacent to an activating group) is 1. The number of hydrogen-bond donors (Lipinski definition) is 2. The van der Waals surface area contributed by atoms with Gasteiger partial charge in [0.1, 0.15) is 12.2 Å². The van der Waals surface area contributed by atoms with Crippen molar-refractivity contribution in [3.05, 3.63) is 46.3 Å². The molecule has 0 unspecified atom stereocenters. The van der Waals surface area contributed by atoms with E-state index in [2.05, 4.69) is 54.1 Å². The molecular formula is C20H34N5O+. The molecule has 0 fully saturated rings. The molecule has 0 aromatic heterocycles. The first-order chi connectivity index (χ1) is 12.1. The van der Waals surface area contributed by atoms with Gasteiger partial charge in [0.2, 0.25) is 5.70 Å². The summed E-state index contributed by atoms with van der Waals surface area (Å²) in [7, 11) is 5.45. The van der Waals surface area contributed by atoms with Crippen LogP contribution >= 0.6 is 0 Å². The van der Waals surface area contributed by atoms with Gasteiger partial charge in [0.15, 0.2) is 5.96 Å². The topological polar surface area (TPSA) is 79.8 Å². The van der Waals surface area contributed by atoms with Gasteiger partial charge < -0.3 is 5.73 Å². The minimum absolute atomic E-state index is 0.0705. The third kappa shape index (κ3) is 6.44. The van der Waals surface area contributed by atoms with Crippen LogP contribution in [0.25, 0.3) is 0 Å². The van der Waals surface area contributed by atoms with E-state index in [1.54, 1.807) is 6.92 Å². The van der Waals surface area contributed by atoms with Crippen molar-refractivity contribution in [1.29, 1.82) is 0 Å². The summed E-state index contributed by atoms with van der Waals surface area (Å²) in [6.45, 7) is 14.1. The molecule has 3 N–H and O–H groups in total. The summed E-state index contributed by atoms with van der Waals surface area (Å²) in [4.78, 5) is 20.4. The summed E-state index contributed by atoms with van der Waals surface area (Å²) < 4.78 is 0.317. The van der Waals surface area contributed by atoms with Gasteiger partial charge in [0, 0.05) is 12.6 Å². The standard InChI is InChI=1S/C18H27N5O.C2H6/c1-12-8-9-13(2)15(10-12)11-23(6,7)16(14(3)20-4)17(24)22-18(19)21-5;1-2/h8-10H,4,11H2,1-3,5-7H3,(H2-,19,21,22,24);1-2H3/p+1/b16-14-;. The van der Waals surface area contributed by atoms with E-state index < -0.39 is 0 Å². The van der Waals surface area contributed by atoms with Crippen LogP contribution in [0.3, 0.4) is 0 Å². The Balaban J connectivity index is 0.00000301. The lowest BCUT2D eigenvalue weighted by Gasteiger charge is -2.32. The first-order valence-corrected chi connectivity index (χ1v) is 8.73. The van der Waals surface area contributed by atoms with Gasteiger partial charge in [0.05, 0.1) is 14.1 Å². The van der Waals surface area contributed by atoms with Gasteiger partial charge in [-0.05, 0) is 33.1 Å². The number of aryl methyl sites for hydroxylation is 2. The Morgan fingerprint density at radius 2 is 1.85 bits per heavy atom. The van der Waals surface area contributed by atoms with Crippen molar-refractivity contribution in [3.63, 3.8) is 0 Å². The highest BCUT2D eigenvalue weighted by Crippen LogP contribution is 2.23. The first-order valence-electron chi connectivity index (χ1n) is 8.73. The lowest BCUT2D eigenvalue weighted by Crippen LogP contribution is -2.48. The fraction of sp³-hybridized carbons (Fsp3) is 0.450. The number of rotatable bonds is 5. The van der Waals surface area contributed by atoms with Crippen LogP contribution < -0.4 is 11.1 Å². The predicted molar refractivity (Wildman–Crippen MR) is 111 cm³/mol. The molecule has 0 spiro atoms. The normalized spacial score (nSPS) is 12.5. The molecule has 0 atom stereocenters. The van der Waals surface area contributed by atoms with Crippen molar-refractivity contribution in [2.24, 2.45) is 15.7 Å². The van der Waals surface area contributed by atoms with Gasteiger partial charge in [0.25, 0.3) is 0 Å². The average molecular weight is 361 g/mol. The zero-order valence-electron chi connectivity index (χ0n) is 17.5. The number of carbonyl (C=O) groups excluding carboxylic acids is 1. The second kappa shape index (κ2) is 10.5. The number of amides is 1. The van der Waals surface area contributed by atoms with Crippen molar-refractivity contribution in [2.75, 3.05) is 21.1 Å². The molecule has 0 radical (unpaired) electrons. The molecule has 26 heavy (non-hydrogen) atoms. The Morgan fingerprint density at radius 1 is 1.27 bits per heavy atom. The number of aliphatic imine (C=N–C) groups is 2. The zero-order chi connectivity index (χ0) is 20.5. The zero-order valence-corrected chi connectivity index (χ0v) is 17.5. The molecule has 0 saturated heterocycles. The molecule has 0 aliphatic heterocycles. The molecule has 6 heteroatoms.